The first kappa shape index (κ1) is 31.4. The molecule has 3 heterocycles. The molecule has 2 aliphatic heterocycles. The van der Waals surface area contributed by atoms with E-state index in [9.17, 15) is 18.8 Å². The smallest absolute Gasteiger partial charge is 0.251 e. The second-order valence-electron chi connectivity index (χ2n) is 10.3. The lowest BCUT2D eigenvalue weighted by molar-refractivity contribution is -0.129. The lowest BCUT2D eigenvalue weighted by atomic mass is 10.1. The number of ether oxygens (including phenoxy) is 2. The van der Waals surface area contributed by atoms with Gasteiger partial charge in [0.05, 0.1) is 7.11 Å². The van der Waals surface area contributed by atoms with Crippen molar-refractivity contribution < 1.29 is 28.2 Å². The van der Waals surface area contributed by atoms with E-state index in [0.29, 0.717) is 62.3 Å². The molecule has 2 aromatic carbocycles. The van der Waals surface area contributed by atoms with Crippen LogP contribution in [0.25, 0.3) is 0 Å². The number of carbonyl (C=O) groups is 3. The zero-order chi connectivity index (χ0) is 30.6. The lowest BCUT2D eigenvalue weighted by Crippen LogP contribution is -2.46. The van der Waals surface area contributed by atoms with Crippen LogP contribution in [0.4, 0.5) is 4.39 Å². The topological polar surface area (TPSA) is 122 Å². The van der Waals surface area contributed by atoms with Gasteiger partial charge in [0.25, 0.3) is 5.91 Å². The Kier molecular flexibility index (Phi) is 11.4. The van der Waals surface area contributed by atoms with E-state index in [1.165, 1.54) is 25.3 Å². The van der Waals surface area contributed by atoms with Crippen molar-refractivity contribution in [3.8, 4) is 17.2 Å². The molecule has 3 aromatic rings. The standard InChI is InChI=1S/C32H38FN5O5/c1-3-26-32(41)36-20-23-7-9-27(25(33)18-23)43-29-19-24(8-10-28(29)42-2)31(40)35-13-5-17-38(16-4-6-30(39)37-26)21-22-11-14-34-15-12-22/h7-12,14-15,18-19,26H,3-6,13,16-17,20-21H2,1-2H3,(H,35,40)(H,36,41)(H,37,39)/t26-/m0/s1. The van der Waals surface area contributed by atoms with Crippen LogP contribution in [-0.4, -0.2) is 60.4 Å². The van der Waals surface area contributed by atoms with Crippen molar-refractivity contribution in [2.75, 3.05) is 26.7 Å². The number of nitrogens with one attached hydrogen (secondary N) is 3. The summed E-state index contributed by atoms with van der Waals surface area (Å²) in [6.07, 6.45) is 5.45. The van der Waals surface area contributed by atoms with Crippen LogP contribution in [0.5, 0.6) is 17.2 Å². The maximum absolute atomic E-state index is 15.0. The average Bonchev–Trinajstić information content (AvgIpc) is 3.01. The van der Waals surface area contributed by atoms with Gasteiger partial charge in [0.15, 0.2) is 23.1 Å². The number of hydrogen-bond acceptors (Lipinski definition) is 7. The molecule has 2 aliphatic rings. The first-order valence-corrected chi connectivity index (χ1v) is 14.5. The Labute approximate surface area is 251 Å². The summed E-state index contributed by atoms with van der Waals surface area (Å²) in [5.41, 5.74) is 1.96. The van der Waals surface area contributed by atoms with E-state index in [1.807, 2.05) is 19.1 Å². The Bertz CT molecular complexity index is 1400. The van der Waals surface area contributed by atoms with Crippen LogP contribution in [0, 0.1) is 5.82 Å². The molecule has 10 nitrogen and oxygen atoms in total. The number of amides is 3. The molecule has 0 saturated heterocycles. The van der Waals surface area contributed by atoms with Crippen LogP contribution >= 0.6 is 0 Å². The van der Waals surface area contributed by atoms with E-state index >= 15 is 0 Å². The molecule has 11 heteroatoms. The van der Waals surface area contributed by atoms with E-state index in [-0.39, 0.29) is 42.2 Å². The van der Waals surface area contributed by atoms with Crippen LogP contribution in [0.15, 0.2) is 60.9 Å². The third kappa shape index (κ3) is 9.24. The molecular weight excluding hydrogens is 553 g/mol. The van der Waals surface area contributed by atoms with Crippen molar-refractivity contribution >= 4 is 17.7 Å². The van der Waals surface area contributed by atoms with E-state index in [2.05, 4.69) is 25.8 Å². The fourth-order valence-electron chi connectivity index (χ4n) is 4.77. The average molecular weight is 592 g/mol. The molecule has 3 amide bonds. The van der Waals surface area contributed by atoms with Crippen molar-refractivity contribution in [3.63, 3.8) is 0 Å². The van der Waals surface area contributed by atoms with E-state index in [4.69, 9.17) is 9.47 Å². The molecule has 0 aliphatic carbocycles. The van der Waals surface area contributed by atoms with Gasteiger partial charge < -0.3 is 25.4 Å². The number of aromatic nitrogens is 1. The number of nitrogens with zero attached hydrogens (tertiary/aromatic N) is 2. The van der Waals surface area contributed by atoms with Gasteiger partial charge in [-0.05, 0) is 79.4 Å². The predicted octanol–water partition coefficient (Wildman–Crippen LogP) is 3.95. The summed E-state index contributed by atoms with van der Waals surface area (Å²) in [7, 11) is 1.46. The Hall–Kier alpha value is -4.51. The molecule has 228 valence electrons. The summed E-state index contributed by atoms with van der Waals surface area (Å²) in [6, 6.07) is 12.3. The second-order valence-corrected chi connectivity index (χ2v) is 10.3. The Morgan fingerprint density at radius 2 is 1.79 bits per heavy atom. The summed E-state index contributed by atoms with van der Waals surface area (Å²) < 4.78 is 26.2. The summed E-state index contributed by atoms with van der Waals surface area (Å²) >= 11 is 0. The number of halogens is 1. The number of hydrogen-bond donors (Lipinski definition) is 3. The van der Waals surface area contributed by atoms with Crippen LogP contribution in [-0.2, 0) is 22.7 Å². The van der Waals surface area contributed by atoms with Crippen LogP contribution < -0.4 is 25.4 Å². The fraction of sp³-hybridized carbons (Fsp3) is 0.375. The zero-order valence-corrected chi connectivity index (χ0v) is 24.5. The van der Waals surface area contributed by atoms with Crippen LogP contribution in [0.1, 0.15) is 54.1 Å². The summed E-state index contributed by atoms with van der Waals surface area (Å²) in [6.45, 7) is 4.35. The third-order valence-corrected chi connectivity index (χ3v) is 7.14. The Morgan fingerprint density at radius 3 is 2.53 bits per heavy atom. The second kappa shape index (κ2) is 15.6. The molecule has 1 aromatic heterocycles. The van der Waals surface area contributed by atoms with Gasteiger partial charge in [0.2, 0.25) is 11.8 Å². The normalized spacial score (nSPS) is 17.7. The van der Waals surface area contributed by atoms with Gasteiger partial charge in [0.1, 0.15) is 6.04 Å². The quantitative estimate of drug-likeness (QED) is 0.420. The molecule has 5 rings (SSSR count). The maximum Gasteiger partial charge on any atom is 0.251 e. The molecule has 4 bridgehead atoms. The number of carbonyl (C=O) groups excluding carboxylic acids is 3. The van der Waals surface area contributed by atoms with Crippen molar-refractivity contribution in [1.82, 2.24) is 25.8 Å². The first-order valence-electron chi connectivity index (χ1n) is 14.5. The van der Waals surface area contributed by atoms with Crippen molar-refractivity contribution in [1.29, 1.82) is 0 Å². The maximum atomic E-state index is 15.0. The predicted molar refractivity (Wildman–Crippen MR) is 159 cm³/mol. The summed E-state index contributed by atoms with van der Waals surface area (Å²) in [4.78, 5) is 44.8. The van der Waals surface area contributed by atoms with E-state index in [1.54, 1.807) is 30.6 Å². The highest BCUT2D eigenvalue weighted by molar-refractivity contribution is 5.95. The van der Waals surface area contributed by atoms with E-state index < -0.39 is 11.9 Å². The zero-order valence-electron chi connectivity index (χ0n) is 24.5. The molecule has 0 unspecified atom stereocenters. The highest BCUT2D eigenvalue weighted by Gasteiger charge is 2.20. The van der Waals surface area contributed by atoms with Gasteiger partial charge in [-0.2, -0.15) is 0 Å². The van der Waals surface area contributed by atoms with Crippen molar-refractivity contribution in [3.05, 3.63) is 83.4 Å². The largest absolute Gasteiger partial charge is 0.493 e. The summed E-state index contributed by atoms with van der Waals surface area (Å²) in [5, 5.41) is 8.53. The van der Waals surface area contributed by atoms with E-state index in [0.717, 1.165) is 5.56 Å². The SMILES string of the molecule is CC[C@@H]1NC(=O)CCCN(Cc2ccncc2)CCCNC(=O)c2ccc(OC)c(c2)Oc2ccc(cc2F)CNC1=O. The minimum Gasteiger partial charge on any atom is -0.493 e. The van der Waals surface area contributed by atoms with Crippen molar-refractivity contribution in [2.24, 2.45) is 0 Å². The Morgan fingerprint density at radius 1 is 1.00 bits per heavy atom. The number of fused-ring (bicyclic) bond motifs is 16. The Balaban J connectivity index is 1.54. The van der Waals surface area contributed by atoms with Gasteiger partial charge in [0, 0.05) is 50.6 Å². The third-order valence-electron chi connectivity index (χ3n) is 7.14. The molecule has 3 N–H and O–H groups in total. The molecule has 0 radical (unpaired) electrons. The van der Waals surface area contributed by atoms with Crippen LogP contribution in [0.2, 0.25) is 0 Å². The van der Waals surface area contributed by atoms with Gasteiger partial charge in [-0.25, -0.2) is 4.39 Å². The minimum atomic E-state index is -0.696. The molecule has 43 heavy (non-hydrogen) atoms. The summed E-state index contributed by atoms with van der Waals surface area (Å²) in [5.74, 6) is -0.999. The number of benzene rings is 2. The first-order chi connectivity index (χ1) is 20.9. The fourth-order valence-corrected chi connectivity index (χ4v) is 4.77. The van der Waals surface area contributed by atoms with Gasteiger partial charge in [-0.1, -0.05) is 13.0 Å². The van der Waals surface area contributed by atoms with Gasteiger partial charge in [-0.15, -0.1) is 0 Å². The highest BCUT2D eigenvalue weighted by atomic mass is 19.1. The lowest BCUT2D eigenvalue weighted by Gasteiger charge is -2.23. The molecule has 1 atom stereocenters. The van der Waals surface area contributed by atoms with Crippen molar-refractivity contribution in [2.45, 2.75) is 51.7 Å². The minimum absolute atomic E-state index is 0.0580. The number of pyridine rings is 1. The molecule has 0 spiro atoms. The monoisotopic (exact) mass is 591 g/mol. The number of rotatable bonds is 4. The molecule has 0 fully saturated rings. The molecular formula is C32H38FN5O5. The van der Waals surface area contributed by atoms with Gasteiger partial charge in [-0.3, -0.25) is 24.3 Å². The van der Waals surface area contributed by atoms with Gasteiger partial charge >= 0.3 is 0 Å². The van der Waals surface area contributed by atoms with Crippen LogP contribution in [0.3, 0.4) is 0 Å². The number of methoxy groups -OCH3 is 1. The molecule has 0 saturated carbocycles. The highest BCUT2D eigenvalue weighted by Crippen LogP contribution is 2.34.